The highest BCUT2D eigenvalue weighted by atomic mass is 16.4. The van der Waals surface area contributed by atoms with E-state index in [0.29, 0.717) is 29.9 Å². The zero-order chi connectivity index (χ0) is 30.4. The van der Waals surface area contributed by atoms with Gasteiger partial charge in [0.2, 0.25) is 0 Å². The van der Waals surface area contributed by atoms with E-state index in [1.54, 1.807) is 0 Å². The lowest BCUT2D eigenvalue weighted by Crippen LogP contribution is -2.15. The molecule has 0 aliphatic rings. The number of carbonyl (C=O) groups is 2. The van der Waals surface area contributed by atoms with Gasteiger partial charge >= 0.3 is 5.97 Å². The summed E-state index contributed by atoms with van der Waals surface area (Å²) in [6.45, 7) is 2.93. The SMILES string of the molecule is CCc1c(C(=O)c2cccc(NCC(CCCc3ccccc3)CCCc3ccccc3)c2)cc(CCCC(=O)O)n1C. The predicted octanol–water partition coefficient (Wildman–Crippen LogP) is 8.30. The van der Waals surface area contributed by atoms with E-state index in [2.05, 4.69) is 77.5 Å². The quantitative estimate of drug-likeness (QED) is 0.117. The molecule has 3 aromatic carbocycles. The molecular formula is C38H46N2O3. The maximum atomic E-state index is 13.7. The molecule has 226 valence electrons. The number of aliphatic carboxylic acids is 1. The summed E-state index contributed by atoms with van der Waals surface area (Å²) in [5.74, 6) is -0.232. The number of carboxylic acids is 1. The highest BCUT2D eigenvalue weighted by Gasteiger charge is 2.19. The van der Waals surface area contributed by atoms with Gasteiger partial charge in [0, 0.05) is 48.2 Å². The summed E-state index contributed by atoms with van der Waals surface area (Å²) in [5, 5.41) is 12.7. The molecule has 4 aromatic rings. The molecule has 0 saturated heterocycles. The molecule has 0 aliphatic carbocycles. The summed E-state index contributed by atoms with van der Waals surface area (Å²) in [6.07, 6.45) is 8.87. The lowest BCUT2D eigenvalue weighted by Gasteiger charge is -2.19. The van der Waals surface area contributed by atoms with Gasteiger partial charge in [-0.1, -0.05) is 79.7 Å². The number of hydrogen-bond acceptors (Lipinski definition) is 3. The van der Waals surface area contributed by atoms with Gasteiger partial charge in [0.25, 0.3) is 0 Å². The van der Waals surface area contributed by atoms with E-state index in [4.69, 9.17) is 5.11 Å². The minimum Gasteiger partial charge on any atom is -0.481 e. The Labute approximate surface area is 257 Å². The number of carbonyl (C=O) groups excluding carboxylic acids is 1. The Morgan fingerprint density at radius 3 is 2.00 bits per heavy atom. The third kappa shape index (κ3) is 9.71. The van der Waals surface area contributed by atoms with Gasteiger partial charge in [0.1, 0.15) is 0 Å². The minimum absolute atomic E-state index is 0.0165. The average molecular weight is 579 g/mol. The summed E-state index contributed by atoms with van der Waals surface area (Å²) in [7, 11) is 1.97. The van der Waals surface area contributed by atoms with Crippen LogP contribution in [0.15, 0.2) is 91.0 Å². The molecule has 4 rings (SSSR count). The molecule has 0 bridgehead atoms. The number of aryl methyl sites for hydroxylation is 3. The number of anilines is 1. The van der Waals surface area contributed by atoms with Crippen LogP contribution in [0.2, 0.25) is 0 Å². The first-order valence-corrected chi connectivity index (χ1v) is 15.8. The Bertz CT molecular complexity index is 1400. The summed E-state index contributed by atoms with van der Waals surface area (Å²) >= 11 is 0. The number of ketones is 1. The number of nitrogens with one attached hydrogen (secondary N) is 1. The molecule has 1 aromatic heterocycles. The topological polar surface area (TPSA) is 71.3 Å². The fourth-order valence-electron chi connectivity index (χ4n) is 6.00. The van der Waals surface area contributed by atoms with Crippen molar-refractivity contribution in [2.45, 2.75) is 71.1 Å². The second-order valence-electron chi connectivity index (χ2n) is 11.6. The van der Waals surface area contributed by atoms with Crippen LogP contribution in [-0.2, 0) is 37.5 Å². The molecule has 43 heavy (non-hydrogen) atoms. The van der Waals surface area contributed by atoms with Gasteiger partial charge in [-0.25, -0.2) is 0 Å². The van der Waals surface area contributed by atoms with Crippen molar-refractivity contribution in [2.24, 2.45) is 13.0 Å². The van der Waals surface area contributed by atoms with Gasteiger partial charge in [0.05, 0.1) is 0 Å². The molecule has 0 unspecified atom stereocenters. The summed E-state index contributed by atoms with van der Waals surface area (Å²) in [5.41, 5.74) is 7.14. The van der Waals surface area contributed by atoms with Crippen LogP contribution in [0.25, 0.3) is 0 Å². The van der Waals surface area contributed by atoms with Crippen molar-refractivity contribution < 1.29 is 14.7 Å². The monoisotopic (exact) mass is 578 g/mol. The molecule has 5 nitrogen and oxygen atoms in total. The smallest absolute Gasteiger partial charge is 0.303 e. The maximum absolute atomic E-state index is 13.7. The lowest BCUT2D eigenvalue weighted by atomic mass is 9.93. The van der Waals surface area contributed by atoms with Crippen molar-refractivity contribution >= 4 is 17.4 Å². The van der Waals surface area contributed by atoms with Crippen LogP contribution in [0, 0.1) is 5.92 Å². The molecule has 0 saturated carbocycles. The number of aromatic nitrogens is 1. The van der Waals surface area contributed by atoms with E-state index >= 15 is 0 Å². The van der Waals surface area contributed by atoms with E-state index in [1.165, 1.54) is 11.1 Å². The molecule has 0 aliphatic heterocycles. The first kappa shape index (κ1) is 31.8. The number of rotatable bonds is 18. The highest BCUT2D eigenvalue weighted by molar-refractivity contribution is 6.10. The number of nitrogens with zero attached hydrogens (tertiary/aromatic N) is 1. The second kappa shape index (κ2) is 16.5. The highest BCUT2D eigenvalue weighted by Crippen LogP contribution is 2.24. The molecule has 1 heterocycles. The fourth-order valence-corrected chi connectivity index (χ4v) is 6.00. The average Bonchev–Trinajstić information content (AvgIpc) is 3.34. The van der Waals surface area contributed by atoms with Crippen molar-refractivity contribution in [3.05, 3.63) is 125 Å². The van der Waals surface area contributed by atoms with Crippen molar-refractivity contribution in [1.82, 2.24) is 4.57 Å². The van der Waals surface area contributed by atoms with E-state index in [-0.39, 0.29) is 12.2 Å². The Balaban J connectivity index is 1.40. The molecule has 0 atom stereocenters. The predicted molar refractivity (Wildman–Crippen MR) is 176 cm³/mol. The number of hydrogen-bond donors (Lipinski definition) is 2. The van der Waals surface area contributed by atoms with Crippen molar-refractivity contribution in [3.63, 3.8) is 0 Å². The largest absolute Gasteiger partial charge is 0.481 e. The van der Waals surface area contributed by atoms with E-state index in [0.717, 1.165) is 68.6 Å². The Hall–Kier alpha value is -4.12. The van der Waals surface area contributed by atoms with Gasteiger partial charge in [-0.3, -0.25) is 9.59 Å². The van der Waals surface area contributed by atoms with Crippen LogP contribution in [0.3, 0.4) is 0 Å². The lowest BCUT2D eigenvalue weighted by molar-refractivity contribution is -0.137. The Morgan fingerprint density at radius 2 is 1.42 bits per heavy atom. The summed E-state index contributed by atoms with van der Waals surface area (Å²) < 4.78 is 2.06. The van der Waals surface area contributed by atoms with Gasteiger partial charge in [-0.15, -0.1) is 0 Å². The van der Waals surface area contributed by atoms with Crippen LogP contribution in [0.1, 0.15) is 83.9 Å². The normalized spacial score (nSPS) is 11.1. The Kier molecular flexibility index (Phi) is 12.2. The molecule has 0 fully saturated rings. The molecule has 5 heteroatoms. The maximum Gasteiger partial charge on any atom is 0.303 e. The first-order valence-electron chi connectivity index (χ1n) is 15.8. The van der Waals surface area contributed by atoms with Crippen LogP contribution in [0.5, 0.6) is 0 Å². The third-order valence-corrected chi connectivity index (χ3v) is 8.42. The number of carboxylic acid groups (broad SMARTS) is 1. The zero-order valence-corrected chi connectivity index (χ0v) is 25.7. The van der Waals surface area contributed by atoms with Crippen LogP contribution in [-0.4, -0.2) is 28.0 Å². The molecular weight excluding hydrogens is 532 g/mol. The van der Waals surface area contributed by atoms with Crippen LogP contribution < -0.4 is 5.32 Å². The van der Waals surface area contributed by atoms with Crippen molar-refractivity contribution in [2.75, 3.05) is 11.9 Å². The van der Waals surface area contributed by atoms with Crippen LogP contribution in [0.4, 0.5) is 5.69 Å². The first-order chi connectivity index (χ1) is 20.9. The van der Waals surface area contributed by atoms with Gasteiger partial charge in [-0.2, -0.15) is 0 Å². The molecule has 0 spiro atoms. The van der Waals surface area contributed by atoms with Gasteiger partial charge in [0.15, 0.2) is 5.78 Å². The van der Waals surface area contributed by atoms with Crippen LogP contribution >= 0.6 is 0 Å². The van der Waals surface area contributed by atoms with Gasteiger partial charge in [-0.05, 0) is 93.0 Å². The second-order valence-corrected chi connectivity index (χ2v) is 11.6. The standard InChI is InChI=1S/C38H46N2O3/c1-3-36-35(27-34(40(36)2)24-13-25-37(41)42)38(43)32-22-12-23-33(26-32)39-28-31(20-10-18-29-14-6-4-7-15-29)21-11-19-30-16-8-5-9-17-30/h4-9,12,14-17,22-23,26-27,31,39H,3,10-11,13,18-21,24-25,28H2,1-2H3,(H,41,42). The minimum atomic E-state index is -0.792. The molecule has 0 amide bonds. The summed E-state index contributed by atoms with van der Waals surface area (Å²) in [6, 6.07) is 31.3. The fraction of sp³-hybridized carbons (Fsp3) is 0.368. The van der Waals surface area contributed by atoms with E-state index < -0.39 is 5.97 Å². The zero-order valence-electron chi connectivity index (χ0n) is 25.7. The van der Waals surface area contributed by atoms with Crippen molar-refractivity contribution in [1.29, 1.82) is 0 Å². The van der Waals surface area contributed by atoms with Crippen molar-refractivity contribution in [3.8, 4) is 0 Å². The third-order valence-electron chi connectivity index (χ3n) is 8.42. The Morgan fingerprint density at radius 1 is 0.791 bits per heavy atom. The van der Waals surface area contributed by atoms with E-state index in [1.807, 2.05) is 37.4 Å². The number of benzene rings is 3. The van der Waals surface area contributed by atoms with E-state index in [9.17, 15) is 9.59 Å². The van der Waals surface area contributed by atoms with Gasteiger partial charge < -0.3 is 15.0 Å². The molecule has 0 radical (unpaired) electrons. The summed E-state index contributed by atoms with van der Waals surface area (Å²) in [4.78, 5) is 24.7. The molecule has 2 N–H and O–H groups in total.